The van der Waals surface area contributed by atoms with Crippen molar-refractivity contribution >= 4 is 29.2 Å². The fourth-order valence-corrected chi connectivity index (χ4v) is 1.63. The lowest BCUT2D eigenvalue weighted by Crippen LogP contribution is -2.16. The van der Waals surface area contributed by atoms with Gasteiger partial charge in [0.25, 0.3) is 0 Å². The van der Waals surface area contributed by atoms with Gasteiger partial charge < -0.3 is 14.8 Å². The van der Waals surface area contributed by atoms with Gasteiger partial charge in [-0.25, -0.2) is 9.59 Å². The number of carbonyl (C=O) groups is 2. The van der Waals surface area contributed by atoms with E-state index in [1.165, 1.54) is 6.07 Å². The summed E-state index contributed by atoms with van der Waals surface area (Å²) in [4.78, 5) is 22.7. The average Bonchev–Trinajstić information content (AvgIpc) is 2.46. The first kappa shape index (κ1) is 17.8. The molecule has 0 saturated heterocycles. The lowest BCUT2D eigenvalue weighted by molar-refractivity contribution is -0.138. The van der Waals surface area contributed by atoms with Gasteiger partial charge in [0.15, 0.2) is 0 Å². The zero-order valence-corrected chi connectivity index (χ0v) is 12.2. The maximum absolute atomic E-state index is 12.8. The van der Waals surface area contributed by atoms with Crippen LogP contribution in [-0.2, 0) is 25.2 Å². The van der Waals surface area contributed by atoms with E-state index in [2.05, 4.69) is 14.8 Å². The summed E-state index contributed by atoms with van der Waals surface area (Å²) in [6.07, 6.45) is -3.90. The van der Waals surface area contributed by atoms with E-state index in [4.69, 9.17) is 11.6 Å². The van der Waals surface area contributed by atoms with Crippen molar-refractivity contribution in [3.8, 4) is 0 Å². The van der Waals surface area contributed by atoms with Crippen LogP contribution in [0.3, 0.4) is 0 Å². The molecule has 5 nitrogen and oxygen atoms in total. The van der Waals surface area contributed by atoms with E-state index in [0.717, 1.165) is 26.4 Å². The Morgan fingerprint density at radius 1 is 1.23 bits per heavy atom. The summed E-state index contributed by atoms with van der Waals surface area (Å²) in [5, 5.41) is 1.87. The van der Waals surface area contributed by atoms with Crippen molar-refractivity contribution in [3.05, 3.63) is 40.6 Å². The van der Waals surface area contributed by atoms with Crippen molar-refractivity contribution in [1.82, 2.24) is 0 Å². The highest BCUT2D eigenvalue weighted by atomic mass is 35.5. The summed E-state index contributed by atoms with van der Waals surface area (Å²) in [5.41, 5.74) is -1.57. The van der Waals surface area contributed by atoms with Crippen molar-refractivity contribution in [2.45, 2.75) is 6.18 Å². The third-order valence-corrected chi connectivity index (χ3v) is 2.75. The maximum Gasteiger partial charge on any atom is 0.417 e. The zero-order chi connectivity index (χ0) is 16.9. The molecule has 22 heavy (non-hydrogen) atoms. The fraction of sp³-hybridized carbons (Fsp3) is 0.231. The highest BCUT2D eigenvalue weighted by molar-refractivity contribution is 6.31. The van der Waals surface area contributed by atoms with Gasteiger partial charge in [-0.05, 0) is 18.2 Å². The van der Waals surface area contributed by atoms with Crippen LogP contribution in [0.5, 0.6) is 0 Å². The maximum atomic E-state index is 12.8. The second-order valence-electron chi connectivity index (χ2n) is 3.89. The number of halogens is 4. The molecule has 0 aromatic heterocycles. The molecular formula is C13H11ClF3NO4. The van der Waals surface area contributed by atoms with Crippen LogP contribution < -0.4 is 5.32 Å². The molecule has 1 rings (SSSR count). The van der Waals surface area contributed by atoms with E-state index < -0.39 is 28.7 Å². The number of benzene rings is 1. The van der Waals surface area contributed by atoms with E-state index >= 15 is 0 Å². The van der Waals surface area contributed by atoms with E-state index in [0.29, 0.717) is 6.07 Å². The smallest absolute Gasteiger partial charge is 0.417 e. The summed E-state index contributed by atoms with van der Waals surface area (Å²) < 4.78 is 47.1. The highest BCUT2D eigenvalue weighted by Gasteiger charge is 2.33. The molecule has 0 aliphatic rings. The Bertz CT molecular complexity index is 614. The molecular weight excluding hydrogens is 327 g/mol. The number of esters is 2. The number of hydrogen-bond acceptors (Lipinski definition) is 5. The number of carbonyl (C=O) groups excluding carboxylic acids is 2. The third-order valence-electron chi connectivity index (χ3n) is 2.42. The molecule has 0 unspecified atom stereocenters. The SMILES string of the molecule is COC(=O)/C=C(/Nc1ccc(Cl)c(C(F)(F)F)c1)C(=O)OC. The molecule has 0 atom stereocenters. The molecule has 1 N–H and O–H groups in total. The van der Waals surface area contributed by atoms with Crippen LogP contribution in [0, 0.1) is 0 Å². The van der Waals surface area contributed by atoms with Crippen LogP contribution in [0.4, 0.5) is 18.9 Å². The summed E-state index contributed by atoms with van der Waals surface area (Å²) in [7, 11) is 2.13. The Morgan fingerprint density at radius 3 is 2.36 bits per heavy atom. The van der Waals surface area contributed by atoms with E-state index in [1.54, 1.807) is 0 Å². The highest BCUT2D eigenvalue weighted by Crippen LogP contribution is 2.36. The number of alkyl halides is 3. The van der Waals surface area contributed by atoms with Gasteiger partial charge in [0.1, 0.15) is 5.70 Å². The first-order chi connectivity index (χ1) is 10.2. The number of ether oxygens (including phenoxy) is 2. The minimum atomic E-state index is -4.66. The molecule has 0 aliphatic heterocycles. The second-order valence-corrected chi connectivity index (χ2v) is 4.30. The standard InChI is InChI=1S/C13H11ClF3NO4/c1-21-11(19)6-10(12(20)22-2)18-7-3-4-9(14)8(5-7)13(15,16)17/h3-6,18H,1-2H3/b10-6+. The van der Waals surface area contributed by atoms with Gasteiger partial charge >= 0.3 is 18.1 Å². The predicted molar refractivity (Wildman–Crippen MR) is 72.2 cm³/mol. The first-order valence-corrected chi connectivity index (χ1v) is 6.08. The molecule has 1 aromatic rings. The van der Waals surface area contributed by atoms with Gasteiger partial charge in [0, 0.05) is 5.69 Å². The van der Waals surface area contributed by atoms with Gasteiger partial charge in [-0.3, -0.25) is 0 Å². The molecule has 0 saturated carbocycles. The number of hydrogen-bond donors (Lipinski definition) is 1. The van der Waals surface area contributed by atoms with Gasteiger partial charge in [0.05, 0.1) is 30.9 Å². The van der Waals surface area contributed by atoms with Crippen molar-refractivity contribution < 1.29 is 32.2 Å². The Labute approximate surface area is 128 Å². The number of methoxy groups -OCH3 is 2. The second kappa shape index (κ2) is 7.17. The van der Waals surface area contributed by atoms with Crippen molar-refractivity contribution in [1.29, 1.82) is 0 Å². The largest absolute Gasteiger partial charge is 0.466 e. The van der Waals surface area contributed by atoms with E-state index in [-0.39, 0.29) is 11.4 Å². The Balaban J connectivity index is 3.17. The molecule has 0 bridgehead atoms. The predicted octanol–water partition coefficient (Wildman–Crippen LogP) is 3.00. The Morgan fingerprint density at radius 2 is 1.86 bits per heavy atom. The van der Waals surface area contributed by atoms with Gasteiger partial charge in [-0.2, -0.15) is 13.2 Å². The van der Waals surface area contributed by atoms with Crippen LogP contribution >= 0.6 is 11.6 Å². The summed E-state index contributed by atoms with van der Waals surface area (Å²) in [6, 6.07) is 2.93. The normalized spacial score (nSPS) is 11.8. The Hall–Kier alpha value is -2.22. The molecule has 0 radical (unpaired) electrons. The minimum absolute atomic E-state index is 0.0997. The first-order valence-electron chi connectivity index (χ1n) is 5.70. The number of anilines is 1. The van der Waals surface area contributed by atoms with Crippen molar-refractivity contribution in [2.75, 3.05) is 19.5 Å². The number of nitrogens with one attached hydrogen (secondary N) is 1. The molecule has 120 valence electrons. The topological polar surface area (TPSA) is 64.6 Å². The lowest BCUT2D eigenvalue weighted by Gasteiger charge is -2.13. The molecule has 1 aromatic carbocycles. The van der Waals surface area contributed by atoms with Gasteiger partial charge in [0.2, 0.25) is 0 Å². The summed E-state index contributed by atoms with van der Waals surface area (Å²) in [5.74, 6) is -1.83. The van der Waals surface area contributed by atoms with Crippen LogP contribution in [-0.4, -0.2) is 26.2 Å². The van der Waals surface area contributed by atoms with Crippen molar-refractivity contribution in [2.24, 2.45) is 0 Å². The molecule has 0 heterocycles. The fourth-order valence-electron chi connectivity index (χ4n) is 1.41. The lowest BCUT2D eigenvalue weighted by atomic mass is 10.2. The van der Waals surface area contributed by atoms with Gasteiger partial charge in [-0.1, -0.05) is 11.6 Å². The van der Waals surface area contributed by atoms with Crippen LogP contribution in [0.15, 0.2) is 30.0 Å². The molecule has 0 spiro atoms. The molecule has 0 amide bonds. The monoisotopic (exact) mass is 337 g/mol. The van der Waals surface area contributed by atoms with Crippen LogP contribution in [0.1, 0.15) is 5.56 Å². The van der Waals surface area contributed by atoms with Crippen LogP contribution in [0.25, 0.3) is 0 Å². The van der Waals surface area contributed by atoms with E-state index in [9.17, 15) is 22.8 Å². The quantitative estimate of drug-likeness (QED) is 0.676. The molecule has 0 fully saturated rings. The van der Waals surface area contributed by atoms with Crippen molar-refractivity contribution in [3.63, 3.8) is 0 Å². The van der Waals surface area contributed by atoms with Gasteiger partial charge in [-0.15, -0.1) is 0 Å². The summed E-state index contributed by atoms with van der Waals surface area (Å²) >= 11 is 5.49. The Kier molecular flexibility index (Phi) is 5.81. The average molecular weight is 338 g/mol. The third kappa shape index (κ3) is 4.66. The van der Waals surface area contributed by atoms with Crippen LogP contribution in [0.2, 0.25) is 5.02 Å². The molecule has 0 aliphatic carbocycles. The zero-order valence-electron chi connectivity index (χ0n) is 11.5. The molecule has 9 heteroatoms. The van der Waals surface area contributed by atoms with E-state index in [1.807, 2.05) is 0 Å². The number of rotatable bonds is 4. The minimum Gasteiger partial charge on any atom is -0.466 e. The summed E-state index contributed by atoms with van der Waals surface area (Å²) in [6.45, 7) is 0.